The summed E-state index contributed by atoms with van der Waals surface area (Å²) in [4.78, 5) is 10.3. The third kappa shape index (κ3) is 3.97. The molecular formula is C12H18N2O4. The second-order valence-electron chi connectivity index (χ2n) is 4.07. The number of nitrogens with one attached hydrogen (secondary N) is 1. The fraction of sp³-hybridized carbons (Fsp3) is 0.500. The average molecular weight is 254 g/mol. The minimum atomic E-state index is -0.429. The summed E-state index contributed by atoms with van der Waals surface area (Å²) in [5.41, 5.74) is 1.66. The van der Waals surface area contributed by atoms with Gasteiger partial charge in [-0.05, 0) is 18.9 Å². The molecule has 0 aliphatic carbocycles. The monoisotopic (exact) mass is 254 g/mol. The van der Waals surface area contributed by atoms with Gasteiger partial charge in [0.2, 0.25) is 0 Å². The molecule has 1 aromatic carbocycles. The Morgan fingerprint density at radius 3 is 2.83 bits per heavy atom. The van der Waals surface area contributed by atoms with Gasteiger partial charge in [-0.25, -0.2) is 0 Å². The minimum Gasteiger partial charge on any atom is -0.396 e. The number of hydrogen-bond donors (Lipinski definition) is 2. The van der Waals surface area contributed by atoms with Gasteiger partial charge in [-0.3, -0.25) is 10.1 Å². The molecule has 0 aliphatic rings. The zero-order chi connectivity index (χ0) is 13.5. The van der Waals surface area contributed by atoms with Crippen LogP contribution in [-0.2, 0) is 4.74 Å². The SMILES string of the molecule is COCC(CCO)Nc1cc([N+](=O)[O-])ccc1C. The molecule has 0 aliphatic heterocycles. The highest BCUT2D eigenvalue weighted by Crippen LogP contribution is 2.22. The maximum Gasteiger partial charge on any atom is 0.271 e. The van der Waals surface area contributed by atoms with E-state index in [4.69, 9.17) is 9.84 Å². The number of benzene rings is 1. The van der Waals surface area contributed by atoms with Gasteiger partial charge in [0.25, 0.3) is 5.69 Å². The van der Waals surface area contributed by atoms with Crippen LogP contribution in [0, 0.1) is 17.0 Å². The molecule has 1 rings (SSSR count). The maximum atomic E-state index is 10.7. The van der Waals surface area contributed by atoms with Crippen LogP contribution in [-0.4, -0.2) is 36.4 Å². The molecule has 100 valence electrons. The van der Waals surface area contributed by atoms with Crippen molar-refractivity contribution in [2.24, 2.45) is 0 Å². The van der Waals surface area contributed by atoms with Crippen LogP contribution in [0.2, 0.25) is 0 Å². The molecule has 0 radical (unpaired) electrons. The third-order valence-electron chi connectivity index (χ3n) is 2.64. The lowest BCUT2D eigenvalue weighted by atomic mass is 10.1. The number of non-ortho nitro benzene ring substituents is 1. The average Bonchev–Trinajstić information content (AvgIpc) is 2.32. The molecule has 0 bridgehead atoms. The first-order valence-corrected chi connectivity index (χ1v) is 5.70. The number of aliphatic hydroxyl groups excluding tert-OH is 1. The number of rotatable bonds is 7. The van der Waals surface area contributed by atoms with Gasteiger partial charge >= 0.3 is 0 Å². The highest BCUT2D eigenvalue weighted by atomic mass is 16.6. The number of methoxy groups -OCH3 is 1. The summed E-state index contributed by atoms with van der Waals surface area (Å²) in [7, 11) is 1.58. The molecule has 1 atom stereocenters. The summed E-state index contributed by atoms with van der Waals surface area (Å²) in [6, 6.07) is 4.59. The Bertz CT molecular complexity index is 403. The Balaban J connectivity index is 2.86. The van der Waals surface area contributed by atoms with Gasteiger partial charge in [0, 0.05) is 31.5 Å². The lowest BCUT2D eigenvalue weighted by Gasteiger charge is -2.19. The number of anilines is 1. The molecule has 0 saturated heterocycles. The molecule has 1 unspecified atom stereocenters. The van der Waals surface area contributed by atoms with E-state index in [1.165, 1.54) is 12.1 Å². The van der Waals surface area contributed by atoms with Crippen molar-refractivity contribution in [3.05, 3.63) is 33.9 Å². The summed E-state index contributed by atoms with van der Waals surface area (Å²) in [5, 5.41) is 22.8. The van der Waals surface area contributed by atoms with E-state index in [1.807, 2.05) is 6.92 Å². The number of hydrogen-bond acceptors (Lipinski definition) is 5. The van der Waals surface area contributed by atoms with Gasteiger partial charge in [-0.1, -0.05) is 6.07 Å². The van der Waals surface area contributed by atoms with Crippen LogP contribution in [0.3, 0.4) is 0 Å². The van der Waals surface area contributed by atoms with E-state index >= 15 is 0 Å². The van der Waals surface area contributed by atoms with E-state index in [9.17, 15) is 10.1 Å². The lowest BCUT2D eigenvalue weighted by Crippen LogP contribution is -2.26. The van der Waals surface area contributed by atoms with Crippen molar-refractivity contribution in [2.75, 3.05) is 25.6 Å². The standard InChI is InChI=1S/C12H18N2O4/c1-9-3-4-11(14(16)17)7-12(9)13-10(5-6-15)8-18-2/h3-4,7,10,13,15H,5-6,8H2,1-2H3. The molecule has 6 nitrogen and oxygen atoms in total. The number of nitro benzene ring substituents is 1. The first-order valence-electron chi connectivity index (χ1n) is 5.70. The van der Waals surface area contributed by atoms with Gasteiger partial charge in [-0.15, -0.1) is 0 Å². The summed E-state index contributed by atoms with van der Waals surface area (Å²) < 4.78 is 5.04. The zero-order valence-corrected chi connectivity index (χ0v) is 10.5. The first-order chi connectivity index (χ1) is 8.58. The van der Waals surface area contributed by atoms with E-state index < -0.39 is 4.92 Å². The molecule has 0 amide bonds. The molecule has 6 heteroatoms. The quantitative estimate of drug-likeness (QED) is 0.571. The van der Waals surface area contributed by atoms with Crippen LogP contribution in [0.5, 0.6) is 0 Å². The van der Waals surface area contributed by atoms with Gasteiger partial charge < -0.3 is 15.2 Å². The van der Waals surface area contributed by atoms with E-state index in [0.717, 1.165) is 5.56 Å². The Hall–Kier alpha value is -1.66. The predicted octanol–water partition coefficient (Wildman–Crippen LogP) is 1.71. The smallest absolute Gasteiger partial charge is 0.271 e. The predicted molar refractivity (Wildman–Crippen MR) is 68.8 cm³/mol. The topological polar surface area (TPSA) is 84.6 Å². The van der Waals surface area contributed by atoms with Crippen molar-refractivity contribution in [3.63, 3.8) is 0 Å². The van der Waals surface area contributed by atoms with Crippen LogP contribution in [0.4, 0.5) is 11.4 Å². The van der Waals surface area contributed by atoms with Gasteiger partial charge in [0.1, 0.15) is 0 Å². The van der Waals surface area contributed by atoms with Crippen LogP contribution < -0.4 is 5.32 Å². The molecular weight excluding hydrogens is 236 g/mol. The highest BCUT2D eigenvalue weighted by molar-refractivity contribution is 5.57. The number of nitrogens with zero attached hydrogens (tertiary/aromatic N) is 1. The normalized spacial score (nSPS) is 12.2. The van der Waals surface area contributed by atoms with E-state index in [1.54, 1.807) is 13.2 Å². The fourth-order valence-electron chi connectivity index (χ4n) is 1.65. The number of nitro groups is 1. The molecule has 0 saturated carbocycles. The second kappa shape index (κ2) is 6.93. The van der Waals surface area contributed by atoms with Crippen molar-refractivity contribution in [2.45, 2.75) is 19.4 Å². The number of aliphatic hydroxyl groups is 1. The molecule has 0 aromatic heterocycles. The Kier molecular flexibility index (Phi) is 5.54. The largest absolute Gasteiger partial charge is 0.396 e. The van der Waals surface area contributed by atoms with Crippen LogP contribution in [0.25, 0.3) is 0 Å². The summed E-state index contributed by atoms with van der Waals surface area (Å²) in [6.45, 7) is 2.34. The van der Waals surface area contributed by atoms with Gasteiger partial charge in [0.05, 0.1) is 17.6 Å². The van der Waals surface area contributed by atoms with Crippen molar-refractivity contribution >= 4 is 11.4 Å². The van der Waals surface area contributed by atoms with Crippen molar-refractivity contribution in [1.29, 1.82) is 0 Å². The molecule has 0 fully saturated rings. The minimum absolute atomic E-state index is 0.0367. The van der Waals surface area contributed by atoms with E-state index in [0.29, 0.717) is 18.7 Å². The second-order valence-corrected chi connectivity index (χ2v) is 4.07. The summed E-state index contributed by atoms with van der Waals surface area (Å²) >= 11 is 0. The molecule has 0 spiro atoms. The third-order valence-corrected chi connectivity index (χ3v) is 2.64. The van der Waals surface area contributed by atoms with Crippen LogP contribution in [0.1, 0.15) is 12.0 Å². The van der Waals surface area contributed by atoms with Gasteiger partial charge in [-0.2, -0.15) is 0 Å². The van der Waals surface area contributed by atoms with Gasteiger partial charge in [0.15, 0.2) is 0 Å². The van der Waals surface area contributed by atoms with E-state index in [-0.39, 0.29) is 18.3 Å². The molecule has 2 N–H and O–H groups in total. The maximum absolute atomic E-state index is 10.7. The first kappa shape index (κ1) is 14.4. The zero-order valence-electron chi connectivity index (χ0n) is 10.5. The Morgan fingerprint density at radius 1 is 1.56 bits per heavy atom. The summed E-state index contributed by atoms with van der Waals surface area (Å²) in [5.74, 6) is 0. The summed E-state index contributed by atoms with van der Waals surface area (Å²) in [6.07, 6.45) is 0.524. The highest BCUT2D eigenvalue weighted by Gasteiger charge is 2.12. The number of aryl methyl sites for hydroxylation is 1. The van der Waals surface area contributed by atoms with Crippen molar-refractivity contribution in [3.8, 4) is 0 Å². The Morgan fingerprint density at radius 2 is 2.28 bits per heavy atom. The Labute approximate surface area is 106 Å². The molecule has 1 aromatic rings. The molecule has 18 heavy (non-hydrogen) atoms. The van der Waals surface area contributed by atoms with E-state index in [2.05, 4.69) is 5.32 Å². The fourth-order valence-corrected chi connectivity index (χ4v) is 1.65. The molecule has 0 heterocycles. The van der Waals surface area contributed by atoms with Crippen LogP contribution in [0.15, 0.2) is 18.2 Å². The van der Waals surface area contributed by atoms with Crippen molar-refractivity contribution < 1.29 is 14.8 Å². The number of ether oxygens (including phenoxy) is 1. The lowest BCUT2D eigenvalue weighted by molar-refractivity contribution is -0.384. The van der Waals surface area contributed by atoms with Crippen molar-refractivity contribution in [1.82, 2.24) is 0 Å². The van der Waals surface area contributed by atoms with Crippen LogP contribution >= 0.6 is 0 Å².